The highest BCUT2D eigenvalue weighted by Gasteiger charge is 2.32. The van der Waals surface area contributed by atoms with Crippen molar-refractivity contribution < 1.29 is 14.7 Å². The first-order valence-corrected chi connectivity index (χ1v) is 12.7. The van der Waals surface area contributed by atoms with Crippen LogP contribution in [0.3, 0.4) is 0 Å². The van der Waals surface area contributed by atoms with E-state index in [-0.39, 0.29) is 29.9 Å². The molecule has 4 atom stereocenters. The summed E-state index contributed by atoms with van der Waals surface area (Å²) in [5.41, 5.74) is 1.12. The smallest absolute Gasteiger partial charge is 0.220 e. The number of aliphatic hydroxyl groups is 1. The van der Waals surface area contributed by atoms with Crippen LogP contribution in [0.15, 0.2) is 42.5 Å². The topological polar surface area (TPSA) is 66.4 Å². The summed E-state index contributed by atoms with van der Waals surface area (Å²) in [6.45, 7) is 4.18. The van der Waals surface area contributed by atoms with Gasteiger partial charge < -0.3 is 10.4 Å². The van der Waals surface area contributed by atoms with E-state index in [0.29, 0.717) is 18.6 Å². The first kappa shape index (κ1) is 26.3. The Labute approximate surface area is 194 Å². The third-order valence-electron chi connectivity index (χ3n) is 6.68. The molecule has 2 rings (SSSR count). The number of ketones is 1. The minimum atomic E-state index is -0.381. The Balaban J connectivity index is 1.60. The average molecular weight is 442 g/mol. The number of allylic oxidation sites excluding steroid dienone is 1. The second-order valence-corrected chi connectivity index (χ2v) is 9.38. The molecule has 1 fully saturated rings. The lowest BCUT2D eigenvalue weighted by molar-refractivity contribution is -0.122. The summed E-state index contributed by atoms with van der Waals surface area (Å²) in [5.74, 6) is 0.891. The van der Waals surface area contributed by atoms with Crippen molar-refractivity contribution in [2.45, 2.75) is 103 Å². The van der Waals surface area contributed by atoms with Crippen LogP contribution in [0, 0.1) is 11.8 Å². The zero-order valence-corrected chi connectivity index (χ0v) is 20.1. The van der Waals surface area contributed by atoms with Gasteiger partial charge in [0.15, 0.2) is 0 Å². The predicted molar refractivity (Wildman–Crippen MR) is 131 cm³/mol. The molecule has 0 bridgehead atoms. The van der Waals surface area contributed by atoms with Gasteiger partial charge in [-0.25, -0.2) is 0 Å². The molecular weight excluding hydrogens is 398 g/mol. The molecule has 178 valence electrons. The van der Waals surface area contributed by atoms with Gasteiger partial charge >= 0.3 is 0 Å². The van der Waals surface area contributed by atoms with Crippen LogP contribution in [0.2, 0.25) is 0 Å². The number of benzene rings is 1. The van der Waals surface area contributed by atoms with Crippen LogP contribution in [0.1, 0.15) is 103 Å². The molecule has 0 saturated heterocycles. The molecule has 4 nitrogen and oxygen atoms in total. The van der Waals surface area contributed by atoms with Gasteiger partial charge in [0.05, 0.1) is 12.1 Å². The van der Waals surface area contributed by atoms with Gasteiger partial charge in [-0.3, -0.25) is 9.59 Å². The van der Waals surface area contributed by atoms with Gasteiger partial charge in [0.2, 0.25) is 5.91 Å². The Morgan fingerprint density at radius 3 is 2.62 bits per heavy atom. The molecule has 0 aromatic heterocycles. The first-order chi connectivity index (χ1) is 15.5. The fourth-order valence-corrected chi connectivity index (χ4v) is 4.65. The van der Waals surface area contributed by atoms with Crippen LogP contribution in [0.25, 0.3) is 0 Å². The van der Waals surface area contributed by atoms with Gasteiger partial charge in [0, 0.05) is 18.8 Å². The first-order valence-electron chi connectivity index (χ1n) is 12.7. The maximum atomic E-state index is 12.3. The van der Waals surface area contributed by atoms with Gasteiger partial charge in [-0.05, 0) is 44.1 Å². The molecule has 1 saturated carbocycles. The standard InChI is InChI=1S/C28H43NO3/c1-3-4-8-15-25(30)20-18-24-19-21-27(31)26(24)16-11-5-6-12-17-28(32)29-22(2)23-13-9-7-10-14-23/h7,9-10,13-14,18,20,22,24-26,30H,3-6,8,11-12,15-17,19,21H2,1-2H3,(H,29,32). The summed E-state index contributed by atoms with van der Waals surface area (Å²) in [6, 6.07) is 10.1. The van der Waals surface area contributed by atoms with Crippen molar-refractivity contribution in [1.29, 1.82) is 0 Å². The van der Waals surface area contributed by atoms with Crippen LogP contribution < -0.4 is 5.32 Å². The van der Waals surface area contributed by atoms with Crippen LogP contribution in [-0.4, -0.2) is 22.9 Å². The van der Waals surface area contributed by atoms with Gasteiger partial charge in [-0.1, -0.05) is 87.9 Å². The molecule has 4 heteroatoms. The summed E-state index contributed by atoms with van der Waals surface area (Å²) >= 11 is 0. The van der Waals surface area contributed by atoms with Crippen LogP contribution in [0.4, 0.5) is 0 Å². The number of Topliss-reactive ketones (excluding diaryl/α,β-unsaturated/α-hetero) is 1. The zero-order valence-electron chi connectivity index (χ0n) is 20.1. The number of aliphatic hydroxyl groups excluding tert-OH is 1. The summed E-state index contributed by atoms with van der Waals surface area (Å²) in [7, 11) is 0. The molecule has 0 heterocycles. The minimum absolute atomic E-state index is 0.0345. The SMILES string of the molecule is CCCCCC(O)C=CC1CCC(=O)C1CCCCCCC(=O)NC(C)c1ccccc1. The van der Waals surface area contributed by atoms with Crippen molar-refractivity contribution >= 4 is 11.7 Å². The molecule has 0 aliphatic heterocycles. The fraction of sp³-hybridized carbons (Fsp3) is 0.643. The van der Waals surface area contributed by atoms with E-state index in [0.717, 1.165) is 69.8 Å². The molecular formula is C28H43NO3. The molecule has 2 N–H and O–H groups in total. The lowest BCUT2D eigenvalue weighted by Gasteiger charge is -2.16. The molecule has 1 aliphatic carbocycles. The van der Waals surface area contributed by atoms with E-state index < -0.39 is 0 Å². The largest absolute Gasteiger partial charge is 0.389 e. The number of nitrogens with one attached hydrogen (secondary N) is 1. The van der Waals surface area contributed by atoms with Crippen LogP contribution in [-0.2, 0) is 9.59 Å². The van der Waals surface area contributed by atoms with E-state index in [9.17, 15) is 14.7 Å². The van der Waals surface area contributed by atoms with Gasteiger partial charge in [-0.15, -0.1) is 0 Å². The van der Waals surface area contributed by atoms with Crippen molar-refractivity contribution in [1.82, 2.24) is 5.32 Å². The van der Waals surface area contributed by atoms with E-state index in [1.807, 2.05) is 43.3 Å². The van der Waals surface area contributed by atoms with E-state index >= 15 is 0 Å². The lowest BCUT2D eigenvalue weighted by atomic mass is 9.89. The fourth-order valence-electron chi connectivity index (χ4n) is 4.65. The molecule has 4 unspecified atom stereocenters. The molecule has 1 aromatic rings. The van der Waals surface area contributed by atoms with Crippen molar-refractivity contribution in [2.75, 3.05) is 0 Å². The van der Waals surface area contributed by atoms with Gasteiger partial charge in [0.1, 0.15) is 5.78 Å². The number of unbranched alkanes of at least 4 members (excludes halogenated alkanes) is 5. The Kier molecular flexibility index (Phi) is 12.3. The van der Waals surface area contributed by atoms with E-state index in [1.165, 1.54) is 0 Å². The summed E-state index contributed by atoms with van der Waals surface area (Å²) < 4.78 is 0. The van der Waals surface area contributed by atoms with Crippen molar-refractivity contribution in [3.8, 4) is 0 Å². The minimum Gasteiger partial charge on any atom is -0.389 e. The Morgan fingerprint density at radius 2 is 1.88 bits per heavy atom. The van der Waals surface area contributed by atoms with E-state index in [2.05, 4.69) is 18.3 Å². The average Bonchev–Trinajstić information content (AvgIpc) is 3.14. The molecule has 0 radical (unpaired) electrons. The van der Waals surface area contributed by atoms with Crippen molar-refractivity contribution in [2.24, 2.45) is 11.8 Å². The van der Waals surface area contributed by atoms with Gasteiger partial charge in [0.25, 0.3) is 0 Å². The normalized spacial score (nSPS) is 20.5. The highest BCUT2D eigenvalue weighted by Crippen LogP contribution is 2.34. The van der Waals surface area contributed by atoms with Crippen molar-refractivity contribution in [3.63, 3.8) is 0 Å². The predicted octanol–water partition coefficient (Wildman–Crippen LogP) is 6.30. The van der Waals surface area contributed by atoms with Gasteiger partial charge in [-0.2, -0.15) is 0 Å². The number of carbonyl (C=O) groups is 2. The third kappa shape index (κ3) is 9.68. The second-order valence-electron chi connectivity index (χ2n) is 9.38. The highest BCUT2D eigenvalue weighted by atomic mass is 16.3. The van der Waals surface area contributed by atoms with E-state index in [4.69, 9.17) is 0 Å². The third-order valence-corrected chi connectivity index (χ3v) is 6.68. The monoisotopic (exact) mass is 441 g/mol. The molecule has 1 aliphatic rings. The van der Waals surface area contributed by atoms with Crippen LogP contribution >= 0.6 is 0 Å². The van der Waals surface area contributed by atoms with Crippen LogP contribution in [0.5, 0.6) is 0 Å². The maximum absolute atomic E-state index is 12.3. The number of hydrogen-bond donors (Lipinski definition) is 2. The van der Waals surface area contributed by atoms with Crippen molar-refractivity contribution in [3.05, 3.63) is 48.0 Å². The summed E-state index contributed by atoms with van der Waals surface area (Å²) in [6.07, 6.45) is 14.9. The summed E-state index contributed by atoms with van der Waals surface area (Å²) in [4.78, 5) is 24.5. The number of carbonyl (C=O) groups excluding carboxylic acids is 2. The number of amides is 1. The molecule has 1 amide bonds. The Bertz CT molecular complexity index is 700. The summed E-state index contributed by atoms with van der Waals surface area (Å²) in [5, 5.41) is 13.2. The molecule has 32 heavy (non-hydrogen) atoms. The lowest BCUT2D eigenvalue weighted by Crippen LogP contribution is -2.26. The number of hydrogen-bond acceptors (Lipinski definition) is 3. The number of rotatable bonds is 15. The Morgan fingerprint density at radius 1 is 1.12 bits per heavy atom. The molecule has 1 aromatic carbocycles. The zero-order chi connectivity index (χ0) is 23.2. The maximum Gasteiger partial charge on any atom is 0.220 e. The molecule has 0 spiro atoms. The quantitative estimate of drug-likeness (QED) is 0.248. The van der Waals surface area contributed by atoms with E-state index in [1.54, 1.807) is 0 Å². The highest BCUT2D eigenvalue weighted by molar-refractivity contribution is 5.83. The Hall–Kier alpha value is -1.94. The second kappa shape index (κ2) is 15.0.